The van der Waals surface area contributed by atoms with Gasteiger partial charge in [-0.15, -0.1) is 0 Å². The maximum Gasteiger partial charge on any atom is 0.322 e. The van der Waals surface area contributed by atoms with Crippen LogP contribution in [0.3, 0.4) is 0 Å². The van der Waals surface area contributed by atoms with E-state index in [1.165, 1.54) is 0 Å². The molecule has 2 aromatic heterocycles. The van der Waals surface area contributed by atoms with Gasteiger partial charge in [0, 0.05) is 53.6 Å². The molecule has 2 aromatic carbocycles. The molecule has 10 heteroatoms. The topological polar surface area (TPSA) is 85.4 Å². The second kappa shape index (κ2) is 10.8. The molecule has 41 heavy (non-hydrogen) atoms. The van der Waals surface area contributed by atoms with E-state index >= 15 is 0 Å². The molecule has 3 aliphatic rings. The van der Waals surface area contributed by atoms with Crippen LogP contribution in [0.15, 0.2) is 59.4 Å². The van der Waals surface area contributed by atoms with Gasteiger partial charge in [-0.25, -0.2) is 4.79 Å². The van der Waals surface area contributed by atoms with E-state index in [1.807, 2.05) is 66.8 Å². The van der Waals surface area contributed by atoms with Gasteiger partial charge < -0.3 is 19.5 Å². The fourth-order valence-corrected chi connectivity index (χ4v) is 6.96. The number of hydrogen-bond acceptors (Lipinski definition) is 5. The molecule has 1 aliphatic carbocycles. The van der Waals surface area contributed by atoms with Gasteiger partial charge in [-0.1, -0.05) is 46.6 Å². The van der Waals surface area contributed by atoms with Crippen LogP contribution in [0.2, 0.25) is 10.0 Å². The van der Waals surface area contributed by atoms with Crippen molar-refractivity contribution in [1.29, 1.82) is 0 Å². The molecule has 2 aliphatic heterocycles. The summed E-state index contributed by atoms with van der Waals surface area (Å²) in [6.45, 7) is 0.379. The third kappa shape index (κ3) is 5.25. The number of carbonyl (C=O) groups is 1. The third-order valence-corrected chi connectivity index (χ3v) is 9.14. The zero-order chi connectivity index (χ0) is 28.1. The van der Waals surface area contributed by atoms with E-state index < -0.39 is 0 Å². The average Bonchev–Trinajstić information content (AvgIpc) is 3.47. The van der Waals surface area contributed by atoms with Crippen molar-refractivity contribution in [3.05, 3.63) is 76.2 Å². The number of fused-ring (bicyclic) bond motifs is 2. The summed E-state index contributed by atoms with van der Waals surface area (Å²) in [6.07, 6.45) is 9.56. The number of carbonyl (C=O) groups excluding carboxylic acids is 1. The summed E-state index contributed by atoms with van der Waals surface area (Å²) in [6, 6.07) is 13.6. The van der Waals surface area contributed by atoms with Gasteiger partial charge in [0.05, 0.1) is 29.0 Å². The van der Waals surface area contributed by atoms with Gasteiger partial charge in [-0.2, -0.15) is 5.10 Å². The Morgan fingerprint density at radius 1 is 1.05 bits per heavy atom. The Bertz CT molecular complexity index is 1560. The summed E-state index contributed by atoms with van der Waals surface area (Å²) in [7, 11) is 1.89. The smallest absolute Gasteiger partial charge is 0.322 e. The summed E-state index contributed by atoms with van der Waals surface area (Å²) in [5.41, 5.74) is 5.09. The number of urea groups is 1. The highest BCUT2D eigenvalue weighted by molar-refractivity contribution is 6.39. The van der Waals surface area contributed by atoms with Gasteiger partial charge in [-0.05, 0) is 68.4 Å². The van der Waals surface area contributed by atoms with Crippen LogP contribution in [0.1, 0.15) is 55.8 Å². The minimum Gasteiger partial charge on any atom is -0.373 e. The molecule has 3 atom stereocenters. The molecule has 4 heterocycles. The summed E-state index contributed by atoms with van der Waals surface area (Å²) in [4.78, 5) is 15.5. The summed E-state index contributed by atoms with van der Waals surface area (Å²) in [5, 5.41) is 12.9. The number of amides is 2. The van der Waals surface area contributed by atoms with Crippen LogP contribution in [-0.4, -0.2) is 44.1 Å². The van der Waals surface area contributed by atoms with E-state index in [-0.39, 0.29) is 24.2 Å². The van der Waals surface area contributed by atoms with Crippen molar-refractivity contribution in [3.63, 3.8) is 0 Å². The third-order valence-electron chi connectivity index (χ3n) is 8.51. The van der Waals surface area contributed by atoms with E-state index in [4.69, 9.17) is 32.5 Å². The molecular formula is C31H31Cl2N5O3. The fourth-order valence-electron chi connectivity index (χ4n) is 6.38. The molecule has 8 nitrogen and oxygen atoms in total. The number of ether oxygens (including phenoxy) is 1. The number of piperidine rings is 1. The first-order chi connectivity index (χ1) is 19.9. The summed E-state index contributed by atoms with van der Waals surface area (Å²) in [5.74, 6) is 1.25. The number of aryl methyl sites for hydroxylation is 1. The minimum atomic E-state index is -0.0509. The van der Waals surface area contributed by atoms with Crippen LogP contribution in [-0.2, 0) is 18.4 Å². The van der Waals surface area contributed by atoms with Crippen molar-refractivity contribution in [3.8, 4) is 22.4 Å². The average molecular weight is 593 g/mol. The lowest BCUT2D eigenvalue weighted by atomic mass is 9.99. The molecule has 1 N–H and O–H groups in total. The molecule has 2 saturated heterocycles. The molecule has 2 amide bonds. The lowest BCUT2D eigenvalue weighted by Gasteiger charge is -2.38. The van der Waals surface area contributed by atoms with Crippen LogP contribution in [0, 0.1) is 0 Å². The maximum atomic E-state index is 13.4. The normalized spacial score (nSPS) is 21.8. The number of benzene rings is 2. The van der Waals surface area contributed by atoms with Crippen LogP contribution in [0.4, 0.5) is 10.5 Å². The molecule has 2 unspecified atom stereocenters. The van der Waals surface area contributed by atoms with Crippen molar-refractivity contribution in [2.75, 3.05) is 5.32 Å². The maximum absolute atomic E-state index is 13.4. The standard InChI is InChI=1S/C31H31Cl2N5O3/c1-37-16-20(15-34-37)19-4-2-5-21(12-19)35-31(39)38-22-10-11-23(38)14-24(13-22)40-17-25-29(36-41-30(25)18-8-9-18)28-26(32)6-3-7-27(28)33/h2-7,12,15-16,18,22-24H,8-11,13-14,17H2,1H3,(H,35,39)/t22-,23?,24?/m0/s1. The lowest BCUT2D eigenvalue weighted by molar-refractivity contribution is -0.0158. The largest absolute Gasteiger partial charge is 0.373 e. The molecule has 2 bridgehead atoms. The molecule has 1 saturated carbocycles. The predicted octanol–water partition coefficient (Wildman–Crippen LogP) is 7.67. The zero-order valence-corrected chi connectivity index (χ0v) is 24.2. The van der Waals surface area contributed by atoms with Gasteiger partial charge in [-0.3, -0.25) is 4.68 Å². The molecule has 0 spiro atoms. The molecule has 7 rings (SSSR count). The highest BCUT2D eigenvalue weighted by atomic mass is 35.5. The number of anilines is 1. The molecule has 212 valence electrons. The number of nitrogens with one attached hydrogen (secondary N) is 1. The Labute approximate surface area is 248 Å². The first-order valence-electron chi connectivity index (χ1n) is 14.2. The van der Waals surface area contributed by atoms with Crippen molar-refractivity contribution >= 4 is 34.9 Å². The van der Waals surface area contributed by atoms with E-state index in [2.05, 4.69) is 15.6 Å². The first-order valence-corrected chi connectivity index (χ1v) is 14.9. The Morgan fingerprint density at radius 2 is 1.78 bits per heavy atom. The van der Waals surface area contributed by atoms with Crippen LogP contribution in [0.5, 0.6) is 0 Å². The summed E-state index contributed by atoms with van der Waals surface area (Å²) >= 11 is 13.1. The summed E-state index contributed by atoms with van der Waals surface area (Å²) < 4.78 is 14.1. The highest BCUT2D eigenvalue weighted by Crippen LogP contribution is 2.46. The molecular weight excluding hydrogens is 561 g/mol. The zero-order valence-electron chi connectivity index (χ0n) is 22.7. The van der Waals surface area contributed by atoms with Gasteiger partial charge in [0.25, 0.3) is 0 Å². The quantitative estimate of drug-likeness (QED) is 0.238. The van der Waals surface area contributed by atoms with Gasteiger partial charge in [0.2, 0.25) is 0 Å². The molecule has 0 radical (unpaired) electrons. The Hall–Kier alpha value is -3.33. The van der Waals surface area contributed by atoms with E-state index in [1.54, 1.807) is 4.68 Å². The fraction of sp³-hybridized carbons (Fsp3) is 0.387. The number of halogens is 2. The van der Waals surface area contributed by atoms with E-state index in [0.717, 1.165) is 66.7 Å². The number of rotatable bonds is 7. The minimum absolute atomic E-state index is 0.0435. The SMILES string of the molecule is Cn1cc(-c2cccc(NC(=O)N3C4CC[C@H]3CC(OCc3c(-c5c(Cl)cccc5Cl)noc3C3CC3)C4)c2)cn1. The van der Waals surface area contributed by atoms with Gasteiger partial charge in [0.15, 0.2) is 0 Å². The predicted molar refractivity (Wildman–Crippen MR) is 158 cm³/mol. The van der Waals surface area contributed by atoms with E-state index in [9.17, 15) is 4.79 Å². The van der Waals surface area contributed by atoms with Crippen LogP contribution >= 0.6 is 23.2 Å². The Balaban J connectivity index is 1.03. The van der Waals surface area contributed by atoms with Crippen LogP contribution < -0.4 is 5.32 Å². The van der Waals surface area contributed by atoms with Crippen molar-refractivity contribution < 1.29 is 14.1 Å². The first kappa shape index (κ1) is 26.6. The Morgan fingerprint density at radius 3 is 2.46 bits per heavy atom. The van der Waals surface area contributed by atoms with Gasteiger partial charge >= 0.3 is 6.03 Å². The Kier molecular flexibility index (Phi) is 7.01. The number of nitrogens with zero attached hydrogens (tertiary/aromatic N) is 4. The van der Waals surface area contributed by atoms with Gasteiger partial charge in [0.1, 0.15) is 11.5 Å². The highest BCUT2D eigenvalue weighted by Gasteiger charge is 2.44. The molecule has 3 fully saturated rings. The van der Waals surface area contributed by atoms with E-state index in [0.29, 0.717) is 33.8 Å². The van der Waals surface area contributed by atoms with Crippen molar-refractivity contribution in [1.82, 2.24) is 19.8 Å². The monoisotopic (exact) mass is 591 g/mol. The number of hydrogen-bond donors (Lipinski definition) is 1. The number of aromatic nitrogens is 3. The van der Waals surface area contributed by atoms with Crippen LogP contribution in [0.25, 0.3) is 22.4 Å². The molecule has 4 aromatic rings. The second-order valence-electron chi connectivity index (χ2n) is 11.4. The second-order valence-corrected chi connectivity index (χ2v) is 12.2. The van der Waals surface area contributed by atoms with Crippen molar-refractivity contribution in [2.45, 2.75) is 69.2 Å². The lowest BCUT2D eigenvalue weighted by Crippen LogP contribution is -2.50. The van der Waals surface area contributed by atoms with Crippen molar-refractivity contribution in [2.24, 2.45) is 7.05 Å².